The smallest absolute Gasteiger partial charge is 0.126 e. The minimum atomic E-state index is -0.0513. The van der Waals surface area contributed by atoms with Gasteiger partial charge < -0.3 is 5.73 Å². The van der Waals surface area contributed by atoms with E-state index in [1.54, 1.807) is 12.1 Å². The van der Waals surface area contributed by atoms with Crippen LogP contribution in [-0.2, 0) is 6.42 Å². The molecule has 2 unspecified atom stereocenters. The van der Waals surface area contributed by atoms with Gasteiger partial charge in [-0.15, -0.1) is 0 Å². The fraction of sp³-hybridized carbons (Fsp3) is 0.600. The molecule has 0 bridgehead atoms. The lowest BCUT2D eigenvalue weighted by molar-refractivity contribution is 0.224. The van der Waals surface area contributed by atoms with Crippen molar-refractivity contribution in [1.29, 1.82) is 0 Å². The highest BCUT2D eigenvalue weighted by molar-refractivity contribution is 5.18. The minimum Gasteiger partial charge on any atom is -0.330 e. The molecule has 1 aromatic rings. The van der Waals surface area contributed by atoms with Gasteiger partial charge in [-0.25, -0.2) is 4.39 Å². The molecule has 0 spiro atoms. The van der Waals surface area contributed by atoms with Gasteiger partial charge >= 0.3 is 0 Å². The van der Waals surface area contributed by atoms with Gasteiger partial charge in [0.25, 0.3) is 0 Å². The highest BCUT2D eigenvalue weighted by Gasteiger charge is 2.25. The quantitative estimate of drug-likeness (QED) is 0.849. The molecule has 1 nitrogen and oxygen atoms in total. The zero-order chi connectivity index (χ0) is 12.1. The Bertz CT molecular complexity index is 349. The number of halogens is 1. The molecule has 2 N–H and O–H groups in total. The van der Waals surface area contributed by atoms with Gasteiger partial charge in [0, 0.05) is 0 Å². The van der Waals surface area contributed by atoms with Crippen LogP contribution >= 0.6 is 0 Å². The predicted octanol–water partition coefficient (Wildman–Crippen LogP) is 3.52. The molecule has 1 saturated carbocycles. The molecule has 0 aromatic heterocycles. The zero-order valence-electron chi connectivity index (χ0n) is 10.4. The first-order valence-corrected chi connectivity index (χ1v) is 6.74. The summed E-state index contributed by atoms with van der Waals surface area (Å²) in [6.07, 6.45) is 7.10. The Morgan fingerprint density at radius 1 is 1.12 bits per heavy atom. The summed E-state index contributed by atoms with van der Waals surface area (Å²) in [5.74, 6) is 1.28. The van der Waals surface area contributed by atoms with Gasteiger partial charge in [0.05, 0.1) is 0 Å². The van der Waals surface area contributed by atoms with Crippen molar-refractivity contribution < 1.29 is 4.39 Å². The van der Waals surface area contributed by atoms with Crippen LogP contribution in [0, 0.1) is 17.7 Å². The zero-order valence-corrected chi connectivity index (χ0v) is 10.4. The normalized spacial score (nSPS) is 24.8. The molecule has 1 aromatic carbocycles. The second-order valence-corrected chi connectivity index (χ2v) is 5.18. The van der Waals surface area contributed by atoms with Gasteiger partial charge in [-0.05, 0) is 49.3 Å². The Morgan fingerprint density at radius 2 is 1.82 bits per heavy atom. The summed E-state index contributed by atoms with van der Waals surface area (Å²) < 4.78 is 13.6. The molecule has 0 saturated heterocycles. The van der Waals surface area contributed by atoms with Gasteiger partial charge in [0.1, 0.15) is 5.82 Å². The molecule has 1 aliphatic rings. The Morgan fingerprint density at radius 3 is 2.53 bits per heavy atom. The molecule has 2 heteroatoms. The van der Waals surface area contributed by atoms with Crippen LogP contribution in [0.15, 0.2) is 24.3 Å². The van der Waals surface area contributed by atoms with Gasteiger partial charge in [-0.1, -0.05) is 37.5 Å². The topological polar surface area (TPSA) is 26.0 Å². The first-order chi connectivity index (χ1) is 8.31. The lowest BCUT2D eigenvalue weighted by Gasteiger charge is -2.31. The second kappa shape index (κ2) is 6.15. The third kappa shape index (κ3) is 3.29. The predicted molar refractivity (Wildman–Crippen MR) is 69.2 cm³/mol. The van der Waals surface area contributed by atoms with Crippen molar-refractivity contribution in [2.24, 2.45) is 17.6 Å². The van der Waals surface area contributed by atoms with E-state index in [-0.39, 0.29) is 5.82 Å². The Balaban J connectivity index is 2.03. The number of hydrogen-bond acceptors (Lipinski definition) is 1. The number of rotatable bonds is 4. The van der Waals surface area contributed by atoms with E-state index >= 15 is 0 Å². The van der Waals surface area contributed by atoms with Crippen molar-refractivity contribution in [1.82, 2.24) is 0 Å². The van der Waals surface area contributed by atoms with E-state index in [1.807, 2.05) is 12.1 Å². The lowest BCUT2D eigenvalue weighted by Crippen LogP contribution is -2.24. The van der Waals surface area contributed by atoms with Crippen LogP contribution in [0.1, 0.15) is 37.7 Å². The van der Waals surface area contributed by atoms with Crippen molar-refractivity contribution in [3.05, 3.63) is 35.6 Å². The van der Waals surface area contributed by atoms with Crippen molar-refractivity contribution in [2.45, 2.75) is 38.5 Å². The molecular weight excluding hydrogens is 213 g/mol. The van der Waals surface area contributed by atoms with Crippen LogP contribution in [0.5, 0.6) is 0 Å². The largest absolute Gasteiger partial charge is 0.330 e. The maximum atomic E-state index is 13.6. The molecule has 1 aliphatic carbocycles. The van der Waals surface area contributed by atoms with E-state index in [9.17, 15) is 4.39 Å². The second-order valence-electron chi connectivity index (χ2n) is 5.18. The molecule has 0 amide bonds. The van der Waals surface area contributed by atoms with Crippen molar-refractivity contribution >= 4 is 0 Å². The highest BCUT2D eigenvalue weighted by atomic mass is 19.1. The molecule has 94 valence electrons. The van der Waals surface area contributed by atoms with E-state index in [1.165, 1.54) is 25.7 Å². The Labute approximate surface area is 103 Å². The first kappa shape index (κ1) is 12.6. The molecular formula is C15H22FN. The van der Waals surface area contributed by atoms with E-state index in [2.05, 4.69) is 0 Å². The van der Waals surface area contributed by atoms with Gasteiger partial charge in [-0.3, -0.25) is 0 Å². The highest BCUT2D eigenvalue weighted by Crippen LogP contribution is 2.34. The molecule has 1 fully saturated rings. The maximum absolute atomic E-state index is 13.6. The van der Waals surface area contributed by atoms with Gasteiger partial charge in [-0.2, -0.15) is 0 Å². The number of hydrogen-bond donors (Lipinski definition) is 1. The monoisotopic (exact) mass is 235 g/mol. The first-order valence-electron chi connectivity index (χ1n) is 6.74. The SMILES string of the molecule is NCCC1CCCCC1Cc1ccccc1F. The maximum Gasteiger partial charge on any atom is 0.126 e. The van der Waals surface area contributed by atoms with E-state index < -0.39 is 0 Å². The minimum absolute atomic E-state index is 0.0513. The van der Waals surface area contributed by atoms with E-state index in [4.69, 9.17) is 5.73 Å². The van der Waals surface area contributed by atoms with Crippen LogP contribution in [0.3, 0.4) is 0 Å². The Kier molecular flexibility index (Phi) is 4.55. The Hall–Kier alpha value is -0.890. The summed E-state index contributed by atoms with van der Waals surface area (Å²) in [6.45, 7) is 0.762. The van der Waals surface area contributed by atoms with Gasteiger partial charge in [0.15, 0.2) is 0 Å². The summed E-state index contributed by atoms with van der Waals surface area (Å²) >= 11 is 0. The standard InChI is InChI=1S/C15H22FN/c16-15-8-4-3-7-14(15)11-13-6-2-1-5-12(13)9-10-17/h3-4,7-8,12-13H,1-2,5-6,9-11,17H2. The molecule has 0 radical (unpaired) electrons. The van der Waals surface area contributed by atoms with Crippen LogP contribution in [-0.4, -0.2) is 6.54 Å². The number of benzene rings is 1. The molecule has 0 heterocycles. The third-order valence-corrected chi connectivity index (χ3v) is 4.04. The molecule has 2 atom stereocenters. The lowest BCUT2D eigenvalue weighted by atomic mass is 9.74. The fourth-order valence-corrected chi connectivity index (χ4v) is 3.09. The van der Waals surface area contributed by atoms with E-state index in [0.717, 1.165) is 24.9 Å². The van der Waals surface area contributed by atoms with Crippen molar-refractivity contribution in [2.75, 3.05) is 6.54 Å². The number of nitrogens with two attached hydrogens (primary N) is 1. The summed E-state index contributed by atoms with van der Waals surface area (Å²) in [5.41, 5.74) is 6.55. The molecule has 0 aliphatic heterocycles. The molecule has 17 heavy (non-hydrogen) atoms. The summed E-state index contributed by atoms with van der Waals surface area (Å²) in [7, 11) is 0. The van der Waals surface area contributed by atoms with Crippen molar-refractivity contribution in [3.63, 3.8) is 0 Å². The van der Waals surface area contributed by atoms with Crippen LogP contribution in [0.2, 0.25) is 0 Å². The summed E-state index contributed by atoms with van der Waals surface area (Å²) in [4.78, 5) is 0. The van der Waals surface area contributed by atoms with Crippen LogP contribution < -0.4 is 5.73 Å². The fourth-order valence-electron chi connectivity index (χ4n) is 3.09. The summed E-state index contributed by atoms with van der Waals surface area (Å²) in [6, 6.07) is 7.18. The van der Waals surface area contributed by atoms with Crippen molar-refractivity contribution in [3.8, 4) is 0 Å². The van der Waals surface area contributed by atoms with Crippen LogP contribution in [0.25, 0.3) is 0 Å². The third-order valence-electron chi connectivity index (χ3n) is 4.04. The average molecular weight is 235 g/mol. The molecule has 2 rings (SSSR count). The van der Waals surface area contributed by atoms with Gasteiger partial charge in [0.2, 0.25) is 0 Å². The van der Waals surface area contributed by atoms with Crippen LogP contribution in [0.4, 0.5) is 4.39 Å². The van der Waals surface area contributed by atoms with E-state index in [0.29, 0.717) is 11.8 Å². The summed E-state index contributed by atoms with van der Waals surface area (Å²) in [5, 5.41) is 0. The average Bonchev–Trinajstić information content (AvgIpc) is 2.35.